The Kier molecular flexibility index (Phi) is 7.46. The summed E-state index contributed by atoms with van der Waals surface area (Å²) in [6.45, 7) is 5.61. The average Bonchev–Trinajstić information content (AvgIpc) is 2.38. The van der Waals surface area contributed by atoms with E-state index in [-0.39, 0.29) is 12.5 Å². The van der Waals surface area contributed by atoms with Crippen molar-refractivity contribution in [3.05, 3.63) is 35.9 Å². The molecule has 1 aromatic rings. The number of carbonyl (C=O) groups is 2. The molecule has 0 aliphatic heterocycles. The Morgan fingerprint density at radius 1 is 1.19 bits per heavy atom. The van der Waals surface area contributed by atoms with Gasteiger partial charge in [-0.15, -0.1) is 0 Å². The van der Waals surface area contributed by atoms with E-state index in [4.69, 9.17) is 0 Å². The average molecular weight is 291 g/mol. The maximum Gasteiger partial charge on any atom is 0.321 e. The molecule has 2 N–H and O–H groups in total. The van der Waals surface area contributed by atoms with Crippen LogP contribution in [0.1, 0.15) is 25.8 Å². The van der Waals surface area contributed by atoms with Crippen LogP contribution in [0.5, 0.6) is 0 Å². The van der Waals surface area contributed by atoms with Gasteiger partial charge in [-0.2, -0.15) is 0 Å². The van der Waals surface area contributed by atoms with Crippen LogP contribution < -0.4 is 10.6 Å². The molecule has 1 rings (SSSR count). The first-order chi connectivity index (χ1) is 9.97. The molecule has 0 bridgehead atoms. The van der Waals surface area contributed by atoms with Crippen molar-refractivity contribution >= 4 is 11.9 Å². The van der Waals surface area contributed by atoms with Gasteiger partial charge in [0.25, 0.3) is 0 Å². The lowest BCUT2D eigenvalue weighted by Crippen LogP contribution is -2.44. The summed E-state index contributed by atoms with van der Waals surface area (Å²) in [5.74, 6) is 0.230. The monoisotopic (exact) mass is 291 g/mol. The third kappa shape index (κ3) is 8.09. The second kappa shape index (κ2) is 9.13. The number of nitrogens with one attached hydrogen (secondary N) is 2. The fourth-order valence-electron chi connectivity index (χ4n) is 1.88. The van der Waals surface area contributed by atoms with Gasteiger partial charge >= 0.3 is 6.03 Å². The topological polar surface area (TPSA) is 61.4 Å². The van der Waals surface area contributed by atoms with Crippen molar-refractivity contribution in [3.8, 4) is 0 Å². The molecule has 5 nitrogen and oxygen atoms in total. The number of benzene rings is 1. The van der Waals surface area contributed by atoms with E-state index in [0.29, 0.717) is 19.0 Å². The number of rotatable bonds is 7. The van der Waals surface area contributed by atoms with E-state index in [9.17, 15) is 9.59 Å². The zero-order valence-electron chi connectivity index (χ0n) is 13.1. The van der Waals surface area contributed by atoms with Crippen LogP contribution in [0.4, 0.5) is 4.79 Å². The van der Waals surface area contributed by atoms with Crippen molar-refractivity contribution < 1.29 is 9.59 Å². The second-order valence-electron chi connectivity index (χ2n) is 5.64. The molecule has 0 heterocycles. The summed E-state index contributed by atoms with van der Waals surface area (Å²) in [7, 11) is 1.85. The summed E-state index contributed by atoms with van der Waals surface area (Å²) in [5.41, 5.74) is 1.13. The van der Waals surface area contributed by atoms with Gasteiger partial charge in [-0.25, -0.2) is 4.79 Å². The molecule has 0 unspecified atom stereocenters. The van der Waals surface area contributed by atoms with E-state index in [2.05, 4.69) is 24.5 Å². The van der Waals surface area contributed by atoms with Crippen molar-refractivity contribution in [1.82, 2.24) is 15.5 Å². The Balaban J connectivity index is 2.24. The van der Waals surface area contributed by atoms with Gasteiger partial charge in [0.2, 0.25) is 5.91 Å². The summed E-state index contributed by atoms with van der Waals surface area (Å²) in [6.07, 6.45) is 0.898. The number of hydrogen-bond donors (Lipinski definition) is 2. The molecule has 0 saturated heterocycles. The lowest BCUT2D eigenvalue weighted by atomic mass is 10.1. The second-order valence-corrected chi connectivity index (χ2v) is 5.64. The highest BCUT2D eigenvalue weighted by atomic mass is 16.2. The highest BCUT2D eigenvalue weighted by Gasteiger charge is 2.10. The van der Waals surface area contributed by atoms with Gasteiger partial charge in [-0.1, -0.05) is 44.2 Å². The SMILES string of the molecule is CC(C)CCNC(=O)NC(=O)CN(C)Cc1ccccc1. The summed E-state index contributed by atoms with van der Waals surface area (Å²) in [4.78, 5) is 25.1. The number of amides is 3. The van der Waals surface area contributed by atoms with Crippen molar-refractivity contribution in [2.75, 3.05) is 20.1 Å². The first-order valence-corrected chi connectivity index (χ1v) is 7.27. The summed E-state index contributed by atoms with van der Waals surface area (Å²) in [5, 5.41) is 5.02. The van der Waals surface area contributed by atoms with Crippen LogP contribution in [-0.4, -0.2) is 37.0 Å². The van der Waals surface area contributed by atoms with Gasteiger partial charge in [0.15, 0.2) is 0 Å². The van der Waals surface area contributed by atoms with Gasteiger partial charge in [0.05, 0.1) is 6.54 Å². The van der Waals surface area contributed by atoms with Crippen molar-refractivity contribution in [1.29, 1.82) is 0 Å². The van der Waals surface area contributed by atoms with Gasteiger partial charge in [0, 0.05) is 13.1 Å². The molecule has 1 aromatic carbocycles. The minimum absolute atomic E-state index is 0.187. The number of likely N-dealkylation sites (N-methyl/N-ethyl adjacent to an activating group) is 1. The van der Waals surface area contributed by atoms with E-state index in [1.807, 2.05) is 42.3 Å². The van der Waals surface area contributed by atoms with Crippen LogP contribution >= 0.6 is 0 Å². The summed E-state index contributed by atoms with van der Waals surface area (Å²) < 4.78 is 0. The number of urea groups is 1. The zero-order chi connectivity index (χ0) is 15.7. The lowest BCUT2D eigenvalue weighted by Gasteiger charge is -2.16. The summed E-state index contributed by atoms with van der Waals surface area (Å²) >= 11 is 0. The standard InChI is InChI=1S/C16H25N3O2/c1-13(2)9-10-17-16(21)18-15(20)12-19(3)11-14-7-5-4-6-8-14/h4-8,13H,9-12H2,1-3H3,(H2,17,18,20,21). The molecule has 0 radical (unpaired) electrons. The van der Waals surface area contributed by atoms with Crippen LogP contribution in [-0.2, 0) is 11.3 Å². The molecule has 0 spiro atoms. The number of imide groups is 1. The Morgan fingerprint density at radius 2 is 1.86 bits per heavy atom. The number of nitrogens with zero attached hydrogens (tertiary/aromatic N) is 1. The minimum Gasteiger partial charge on any atom is -0.338 e. The van der Waals surface area contributed by atoms with E-state index in [1.54, 1.807) is 0 Å². The molecule has 3 amide bonds. The third-order valence-electron chi connectivity index (χ3n) is 2.97. The number of hydrogen-bond acceptors (Lipinski definition) is 3. The fraction of sp³-hybridized carbons (Fsp3) is 0.500. The molecule has 116 valence electrons. The maximum atomic E-state index is 11.7. The Morgan fingerprint density at radius 3 is 2.48 bits per heavy atom. The van der Waals surface area contributed by atoms with E-state index >= 15 is 0 Å². The molecule has 5 heteroatoms. The van der Waals surface area contributed by atoms with Crippen LogP contribution in [0.15, 0.2) is 30.3 Å². The zero-order valence-corrected chi connectivity index (χ0v) is 13.1. The van der Waals surface area contributed by atoms with Gasteiger partial charge in [0.1, 0.15) is 0 Å². The van der Waals surface area contributed by atoms with Crippen LogP contribution in [0.2, 0.25) is 0 Å². The van der Waals surface area contributed by atoms with Crippen molar-refractivity contribution in [3.63, 3.8) is 0 Å². The van der Waals surface area contributed by atoms with E-state index in [0.717, 1.165) is 12.0 Å². The van der Waals surface area contributed by atoms with Crippen molar-refractivity contribution in [2.45, 2.75) is 26.8 Å². The van der Waals surface area contributed by atoms with Crippen LogP contribution in [0.3, 0.4) is 0 Å². The van der Waals surface area contributed by atoms with E-state index in [1.165, 1.54) is 0 Å². The van der Waals surface area contributed by atoms with Gasteiger partial charge < -0.3 is 5.32 Å². The van der Waals surface area contributed by atoms with E-state index < -0.39 is 6.03 Å². The van der Waals surface area contributed by atoms with Gasteiger partial charge in [-0.3, -0.25) is 15.0 Å². The third-order valence-corrected chi connectivity index (χ3v) is 2.97. The lowest BCUT2D eigenvalue weighted by molar-refractivity contribution is -0.120. The molecule has 0 fully saturated rings. The molecular formula is C16H25N3O2. The Labute approximate surface area is 126 Å². The molecule has 21 heavy (non-hydrogen) atoms. The highest BCUT2D eigenvalue weighted by Crippen LogP contribution is 2.01. The molecule has 0 aliphatic carbocycles. The minimum atomic E-state index is -0.422. The fourth-order valence-corrected chi connectivity index (χ4v) is 1.88. The number of carbonyl (C=O) groups excluding carboxylic acids is 2. The largest absolute Gasteiger partial charge is 0.338 e. The smallest absolute Gasteiger partial charge is 0.321 e. The Hall–Kier alpha value is -1.88. The van der Waals surface area contributed by atoms with Crippen LogP contribution in [0.25, 0.3) is 0 Å². The predicted molar refractivity (Wildman–Crippen MR) is 83.8 cm³/mol. The molecular weight excluding hydrogens is 266 g/mol. The summed E-state index contributed by atoms with van der Waals surface area (Å²) in [6, 6.07) is 9.47. The normalized spacial score (nSPS) is 10.7. The van der Waals surface area contributed by atoms with Gasteiger partial charge in [-0.05, 0) is 24.9 Å². The molecule has 0 atom stereocenters. The van der Waals surface area contributed by atoms with Crippen LogP contribution in [0, 0.1) is 5.92 Å². The van der Waals surface area contributed by atoms with Crippen molar-refractivity contribution in [2.24, 2.45) is 5.92 Å². The molecule has 0 aromatic heterocycles. The molecule has 0 aliphatic rings. The Bertz CT molecular complexity index is 446. The molecule has 0 saturated carbocycles. The predicted octanol–water partition coefficient (Wildman–Crippen LogP) is 1.99. The first-order valence-electron chi connectivity index (χ1n) is 7.27. The highest BCUT2D eigenvalue weighted by molar-refractivity contribution is 5.95. The quantitative estimate of drug-likeness (QED) is 0.807. The maximum absolute atomic E-state index is 11.7. The first kappa shape index (κ1) is 17.2.